The van der Waals surface area contributed by atoms with Gasteiger partial charge >= 0.3 is 258 Å². The summed E-state index contributed by atoms with van der Waals surface area (Å²) in [4.78, 5) is 44.9. The van der Waals surface area contributed by atoms with E-state index < -0.39 is 60.4 Å². The van der Waals surface area contributed by atoms with Gasteiger partial charge in [-0.2, -0.15) is 0 Å². The van der Waals surface area contributed by atoms with Gasteiger partial charge in [-0.25, -0.2) is 17.6 Å². The fourth-order valence-electron chi connectivity index (χ4n) is 17.8. The van der Waals surface area contributed by atoms with E-state index in [9.17, 15) is 9.59 Å². The number of halogens is 10. The quantitative estimate of drug-likeness (QED) is 0.0165. The summed E-state index contributed by atoms with van der Waals surface area (Å²) in [6, 6.07) is 11.5. The van der Waals surface area contributed by atoms with E-state index in [0.29, 0.717) is 66.4 Å². The Morgan fingerprint density at radius 2 is 0.603 bits per heavy atom. The van der Waals surface area contributed by atoms with Gasteiger partial charge in [0.25, 0.3) is 11.8 Å². The smallest absolute Gasteiger partial charge is 0.275 e. The number of carbonyl (C=O) groups excluding carboxylic acids is 2. The summed E-state index contributed by atoms with van der Waals surface area (Å²) in [6.07, 6.45) is 44.3. The molecule has 0 aliphatic heterocycles. The number of benzene rings is 2. The molecular weight excluding hydrogens is 2090 g/mol. The van der Waals surface area contributed by atoms with E-state index in [1.165, 1.54) is 177 Å². The van der Waals surface area contributed by atoms with Crippen molar-refractivity contribution in [2.24, 2.45) is 11.8 Å². The maximum absolute atomic E-state index is 16.9. The molecule has 0 saturated heterocycles. The Balaban J connectivity index is 0.000000261. The largest absolute Gasteiger partial charge is 0.293 e. The van der Waals surface area contributed by atoms with Crippen LogP contribution in [0.15, 0.2) is 44.0 Å². The molecule has 0 spiro atoms. The third-order valence-electron chi connectivity index (χ3n) is 25.5. The monoisotopic (exact) mass is 2240 g/mol. The number of thiophene rings is 8. The fourth-order valence-corrected chi connectivity index (χ4v) is 40.3. The second-order valence-corrected chi connectivity index (χ2v) is 80.6. The van der Waals surface area contributed by atoms with Gasteiger partial charge in [-0.1, -0.05) is 222 Å². The van der Waals surface area contributed by atoms with E-state index in [-0.39, 0.29) is 70.9 Å². The third-order valence-corrected chi connectivity index (χ3v) is 55.6. The van der Waals surface area contributed by atoms with Crippen molar-refractivity contribution < 1.29 is 44.7 Å². The van der Waals surface area contributed by atoms with Gasteiger partial charge in [0.2, 0.25) is 0 Å². The van der Waals surface area contributed by atoms with Gasteiger partial charge in [0.15, 0.2) is 11.6 Å². The van der Waals surface area contributed by atoms with Crippen LogP contribution in [0.1, 0.15) is 415 Å². The molecule has 0 aliphatic rings. The molecule has 0 aliphatic carbocycles. The summed E-state index contributed by atoms with van der Waals surface area (Å²) in [5, 5.41) is 3.59. The van der Waals surface area contributed by atoms with Crippen LogP contribution in [0.3, 0.4) is 0 Å². The molecule has 0 N–H and O–H groups in total. The van der Waals surface area contributed by atoms with Crippen molar-refractivity contribution in [3.63, 3.8) is 0 Å². The number of rotatable bonds is 59. The average Bonchev–Trinajstić information content (AvgIpc) is 1.55. The molecule has 126 heavy (non-hydrogen) atoms. The first-order chi connectivity index (χ1) is 60.0. The summed E-state index contributed by atoms with van der Waals surface area (Å²) < 4.78 is 142. The van der Waals surface area contributed by atoms with Gasteiger partial charge in [0, 0.05) is 81.4 Å². The second-order valence-electron chi connectivity index (χ2n) is 38.4. The molecule has 0 saturated carbocycles. The van der Waals surface area contributed by atoms with Crippen molar-refractivity contribution in [3.05, 3.63) is 85.7 Å². The molecule has 2 unspecified atom stereocenters. The maximum Gasteiger partial charge on any atom is 0.275 e. The normalized spacial score (nSPS) is 13.3. The van der Waals surface area contributed by atoms with Gasteiger partial charge in [0.1, 0.15) is 0 Å². The number of carbonyl (C=O) groups is 2. The fraction of sp³-hybridized carbons (Fsp3) is 0.673. The third kappa shape index (κ3) is 31.0. The Morgan fingerprint density at radius 1 is 0.310 bits per heavy atom. The van der Waals surface area contributed by atoms with Crippen LogP contribution in [0.2, 0.25) is 29.6 Å². The van der Waals surface area contributed by atoms with Crippen LogP contribution in [-0.4, -0.2) is 48.3 Å². The zero-order valence-corrected chi connectivity index (χ0v) is 94.8. The number of ketones is 2. The predicted octanol–water partition coefficient (Wildman–Crippen LogP) is 42.2. The molecule has 0 bridgehead atoms. The number of alkyl halides is 8. The van der Waals surface area contributed by atoms with Crippen LogP contribution >= 0.6 is 123 Å². The second kappa shape index (κ2) is 53.6. The standard InChI is InChI=1S/C50H70F4OS4.C34H48F4S2.C14H16Br2OS2.6CH3.2Sn/c1-7-11-14-16-18-20-22-24-26-29-49(51,52)42-38-31-34(5)56-45(38)43(50(53,54)30-27-25-23-21-19-17-15-12-8-2)39-33-41(59-46(39)42)48-47-37(35(6)57-48)32-40(58-47)44(55)36(10-4)28-13-9-3;1-3-5-7-9-11-13-15-17-19-23-33(35,36)29-27-21-25-40-32(27)30(28-22-26-39-31(28)29)34(37,38)24-20-18-16-14-12-10-8-6-4-2;1-3-5-6-8(4-2)11(17)10-7-9-12(18-10)14(16)19-13(9)15;;;;;;;;/h31-33,36H,7-30H2,1-6H3;21-22H,3-20,23-24H2,1-2H3;7-8H,3-6H2,1-2H3;6*1H3;;. The van der Waals surface area contributed by atoms with Crippen molar-refractivity contribution in [2.45, 2.75) is 431 Å². The number of unbranched alkanes of at least 4 members (excludes halogenated alkanes) is 34. The van der Waals surface area contributed by atoms with Gasteiger partial charge in [-0.15, -0.1) is 68.0 Å². The van der Waals surface area contributed by atoms with Crippen molar-refractivity contribution in [1.29, 1.82) is 0 Å². The van der Waals surface area contributed by atoms with E-state index >= 15 is 35.1 Å². The minimum absolute atomic E-state index is 0.0305. The van der Waals surface area contributed by atoms with Crippen molar-refractivity contribution in [1.82, 2.24) is 0 Å². The zero-order chi connectivity index (χ0) is 92.2. The zero-order valence-electron chi connectivity index (χ0n) is 79.4. The number of Topliss-reactive ketones (excluding diaryl/α,β-unsaturated/α-hetero) is 2. The van der Waals surface area contributed by atoms with Crippen molar-refractivity contribution >= 4 is 237 Å². The Labute approximate surface area is 811 Å². The molecular formula is C104H152Br2F8O2S8Sn2. The van der Waals surface area contributed by atoms with Gasteiger partial charge in [0.05, 0.1) is 31.6 Å². The van der Waals surface area contributed by atoms with Crippen LogP contribution in [0.25, 0.3) is 70.3 Å². The summed E-state index contributed by atoms with van der Waals surface area (Å²) in [6.45, 7) is 21.2. The van der Waals surface area contributed by atoms with E-state index in [1.807, 2.05) is 38.1 Å². The van der Waals surface area contributed by atoms with E-state index in [1.54, 1.807) is 46.1 Å². The maximum atomic E-state index is 16.9. The molecule has 10 aromatic rings. The first-order valence-corrected chi connectivity index (χ1v) is 77.2. The van der Waals surface area contributed by atoms with Crippen LogP contribution in [0.4, 0.5) is 35.1 Å². The molecule has 8 aromatic heterocycles. The van der Waals surface area contributed by atoms with Crippen LogP contribution in [-0.2, 0) is 23.7 Å². The molecule has 2 nitrogen and oxygen atoms in total. The van der Waals surface area contributed by atoms with Crippen molar-refractivity contribution in [3.8, 4) is 9.75 Å². The summed E-state index contributed by atoms with van der Waals surface area (Å²) in [7, 11) is 0. The predicted molar refractivity (Wildman–Crippen MR) is 562 cm³/mol. The van der Waals surface area contributed by atoms with E-state index in [2.05, 4.69) is 117 Å². The summed E-state index contributed by atoms with van der Waals surface area (Å²) >= 11 is 13.3. The summed E-state index contributed by atoms with van der Waals surface area (Å²) in [5.74, 6) is -11.8. The van der Waals surface area contributed by atoms with Crippen molar-refractivity contribution in [2.75, 3.05) is 0 Å². The molecule has 706 valence electrons. The number of hydrogen-bond donors (Lipinski definition) is 0. The Morgan fingerprint density at radius 3 is 0.929 bits per heavy atom. The molecule has 2 atom stereocenters. The minimum atomic E-state index is -3.17. The van der Waals surface area contributed by atoms with Crippen LogP contribution < -0.4 is 5.79 Å². The SMILES string of the molecule is CCCCC(CC)C(=O)c1cc2c(Br)sc(Br)c2s1.CCCCCCCCCCCC(F)(F)c1c2c[c]([Sn]([CH3])([CH3])[CH3])sc2c(C(F)(F)CCCCCCCCCCC)c2c[c]([Sn]([CH3])([CH3])[CH3])sc12.CCCCCCCCCCCC(F)(F)c1c2cc(-c3sc(C)c4cc(C(=O)C(CC)CCCC)sc34)sc2c(C(F)(F)CCCCCCCCCCC)c2cc(C)sc12. The molecule has 0 fully saturated rings. The summed E-state index contributed by atoms with van der Waals surface area (Å²) in [5.41, 5.74) is -0.0313. The minimum Gasteiger partial charge on any atom is -0.293 e. The molecule has 10 rings (SSSR count). The number of fused-ring (bicyclic) bond motifs is 6. The Kier molecular flexibility index (Phi) is 46.9. The van der Waals surface area contributed by atoms with Gasteiger partial charge in [-0.3, -0.25) is 9.59 Å². The van der Waals surface area contributed by atoms with E-state index in [4.69, 9.17) is 0 Å². The molecule has 0 amide bonds. The molecule has 0 radical (unpaired) electrons. The van der Waals surface area contributed by atoms with Gasteiger partial charge < -0.3 is 0 Å². The topological polar surface area (TPSA) is 34.1 Å². The number of aryl methyl sites for hydroxylation is 2. The molecule has 22 heteroatoms. The molecule has 2 aromatic carbocycles. The Hall–Kier alpha value is -1.06. The first kappa shape index (κ1) is 110. The van der Waals surface area contributed by atoms with Crippen LogP contribution in [0, 0.1) is 25.7 Å². The average molecular weight is 2240 g/mol. The first-order valence-electron chi connectivity index (χ1n) is 49.1. The van der Waals surface area contributed by atoms with E-state index in [0.717, 1.165) is 199 Å². The van der Waals surface area contributed by atoms with Gasteiger partial charge in [-0.05, 0) is 108 Å². The number of hydrogen-bond acceptors (Lipinski definition) is 10. The van der Waals surface area contributed by atoms with Crippen LogP contribution in [0.5, 0.6) is 0 Å². The Bertz CT molecular complexity index is 4670. The molecule has 8 heterocycles.